The SMILES string of the molecule is C[C@@]1(C(c2ccccc2)c2ccc(F)cc2)CNCCN1CC(=O)O. The number of piperazine rings is 1. The van der Waals surface area contributed by atoms with E-state index in [0.29, 0.717) is 13.1 Å². The number of carbonyl (C=O) groups is 1. The van der Waals surface area contributed by atoms with E-state index in [1.807, 2.05) is 35.2 Å². The van der Waals surface area contributed by atoms with Crippen LogP contribution in [-0.4, -0.2) is 47.7 Å². The lowest BCUT2D eigenvalue weighted by molar-refractivity contribution is -0.140. The second-order valence-corrected chi connectivity index (χ2v) is 6.74. The normalized spacial score (nSPS) is 22.5. The van der Waals surface area contributed by atoms with Gasteiger partial charge in [-0.05, 0) is 30.2 Å². The van der Waals surface area contributed by atoms with Crippen molar-refractivity contribution in [2.24, 2.45) is 0 Å². The fraction of sp³-hybridized carbons (Fsp3) is 0.350. The number of hydrogen-bond donors (Lipinski definition) is 2. The van der Waals surface area contributed by atoms with Crippen LogP contribution in [0.3, 0.4) is 0 Å². The van der Waals surface area contributed by atoms with Crippen molar-refractivity contribution in [1.29, 1.82) is 0 Å². The molecule has 0 bridgehead atoms. The first kappa shape index (κ1) is 17.6. The Morgan fingerprint density at radius 1 is 1.20 bits per heavy atom. The van der Waals surface area contributed by atoms with Crippen LogP contribution in [0.15, 0.2) is 54.6 Å². The summed E-state index contributed by atoms with van der Waals surface area (Å²) in [5, 5.41) is 12.7. The van der Waals surface area contributed by atoms with Crippen molar-refractivity contribution in [3.8, 4) is 0 Å². The van der Waals surface area contributed by atoms with Gasteiger partial charge in [0, 0.05) is 31.1 Å². The van der Waals surface area contributed by atoms with Crippen LogP contribution in [0.4, 0.5) is 4.39 Å². The van der Waals surface area contributed by atoms with Crippen LogP contribution >= 0.6 is 0 Å². The van der Waals surface area contributed by atoms with E-state index in [1.54, 1.807) is 12.1 Å². The lowest BCUT2D eigenvalue weighted by Crippen LogP contribution is -2.63. The quantitative estimate of drug-likeness (QED) is 0.877. The first-order valence-corrected chi connectivity index (χ1v) is 8.49. The largest absolute Gasteiger partial charge is 0.480 e. The molecule has 0 aromatic heterocycles. The predicted octanol–water partition coefficient (Wildman–Crippen LogP) is 2.71. The van der Waals surface area contributed by atoms with Crippen LogP contribution in [0.5, 0.6) is 0 Å². The van der Waals surface area contributed by atoms with Crippen molar-refractivity contribution in [2.75, 3.05) is 26.2 Å². The van der Waals surface area contributed by atoms with E-state index in [1.165, 1.54) is 12.1 Å². The van der Waals surface area contributed by atoms with E-state index in [0.717, 1.165) is 17.7 Å². The molecule has 2 atom stereocenters. The maximum Gasteiger partial charge on any atom is 0.317 e. The molecule has 0 radical (unpaired) electrons. The summed E-state index contributed by atoms with van der Waals surface area (Å²) in [6.45, 7) is 4.16. The molecular formula is C20H23FN2O2. The fourth-order valence-electron chi connectivity index (χ4n) is 3.84. The number of nitrogens with one attached hydrogen (secondary N) is 1. The predicted molar refractivity (Wildman–Crippen MR) is 95.2 cm³/mol. The summed E-state index contributed by atoms with van der Waals surface area (Å²) in [6.07, 6.45) is 0. The van der Waals surface area contributed by atoms with Gasteiger partial charge in [-0.2, -0.15) is 0 Å². The maximum absolute atomic E-state index is 13.4. The molecule has 1 fully saturated rings. The third-order valence-corrected chi connectivity index (χ3v) is 5.05. The van der Waals surface area contributed by atoms with Crippen LogP contribution in [0.25, 0.3) is 0 Å². The Hall–Kier alpha value is -2.24. The van der Waals surface area contributed by atoms with E-state index in [4.69, 9.17) is 0 Å². The third-order valence-electron chi connectivity index (χ3n) is 5.05. The summed E-state index contributed by atoms with van der Waals surface area (Å²) in [5.74, 6) is -1.18. The summed E-state index contributed by atoms with van der Waals surface area (Å²) in [5.41, 5.74) is 1.64. The van der Waals surface area contributed by atoms with Crippen molar-refractivity contribution in [3.63, 3.8) is 0 Å². The average Bonchev–Trinajstić information content (AvgIpc) is 2.60. The van der Waals surface area contributed by atoms with E-state index in [2.05, 4.69) is 12.2 Å². The third kappa shape index (κ3) is 3.72. The molecule has 25 heavy (non-hydrogen) atoms. The average molecular weight is 342 g/mol. The van der Waals surface area contributed by atoms with Crippen LogP contribution in [0.1, 0.15) is 24.0 Å². The molecule has 2 aromatic carbocycles. The van der Waals surface area contributed by atoms with Gasteiger partial charge in [0.1, 0.15) is 5.82 Å². The van der Waals surface area contributed by atoms with Gasteiger partial charge < -0.3 is 10.4 Å². The Morgan fingerprint density at radius 3 is 2.48 bits per heavy atom. The summed E-state index contributed by atoms with van der Waals surface area (Å²) in [4.78, 5) is 13.4. The summed E-state index contributed by atoms with van der Waals surface area (Å²) in [6, 6.07) is 16.5. The summed E-state index contributed by atoms with van der Waals surface area (Å²) >= 11 is 0. The molecule has 2 aromatic rings. The maximum atomic E-state index is 13.4. The minimum atomic E-state index is -0.834. The molecule has 0 saturated carbocycles. The second-order valence-electron chi connectivity index (χ2n) is 6.74. The van der Waals surface area contributed by atoms with E-state index < -0.39 is 11.5 Å². The van der Waals surface area contributed by atoms with Crippen LogP contribution in [-0.2, 0) is 4.79 Å². The highest BCUT2D eigenvalue weighted by molar-refractivity contribution is 5.69. The zero-order valence-electron chi connectivity index (χ0n) is 14.3. The smallest absolute Gasteiger partial charge is 0.317 e. The van der Waals surface area contributed by atoms with Gasteiger partial charge in [0.05, 0.1) is 6.54 Å². The van der Waals surface area contributed by atoms with Gasteiger partial charge >= 0.3 is 5.97 Å². The van der Waals surface area contributed by atoms with Crippen LogP contribution in [0, 0.1) is 5.82 Å². The number of carboxylic acids is 1. The first-order chi connectivity index (χ1) is 12.0. The monoisotopic (exact) mass is 342 g/mol. The van der Waals surface area contributed by atoms with Crippen molar-refractivity contribution in [1.82, 2.24) is 10.2 Å². The van der Waals surface area contributed by atoms with E-state index in [-0.39, 0.29) is 18.3 Å². The van der Waals surface area contributed by atoms with Gasteiger partial charge in [-0.1, -0.05) is 42.5 Å². The number of hydrogen-bond acceptors (Lipinski definition) is 3. The molecule has 0 spiro atoms. The molecule has 3 rings (SSSR count). The van der Waals surface area contributed by atoms with Crippen LogP contribution < -0.4 is 5.32 Å². The molecule has 2 N–H and O–H groups in total. The molecule has 1 unspecified atom stereocenters. The number of rotatable bonds is 5. The molecule has 5 heteroatoms. The zero-order valence-corrected chi connectivity index (χ0v) is 14.3. The molecule has 1 saturated heterocycles. The molecule has 0 amide bonds. The van der Waals surface area contributed by atoms with Gasteiger partial charge in [0.2, 0.25) is 0 Å². The molecule has 1 aliphatic rings. The van der Waals surface area contributed by atoms with Crippen molar-refractivity contribution < 1.29 is 14.3 Å². The lowest BCUT2D eigenvalue weighted by atomic mass is 9.74. The highest BCUT2D eigenvalue weighted by atomic mass is 19.1. The van der Waals surface area contributed by atoms with Gasteiger partial charge in [-0.25, -0.2) is 4.39 Å². The zero-order chi connectivity index (χ0) is 17.9. The Kier molecular flexibility index (Phi) is 5.16. The van der Waals surface area contributed by atoms with E-state index in [9.17, 15) is 14.3 Å². The molecule has 1 aliphatic heterocycles. The summed E-state index contributed by atoms with van der Waals surface area (Å²) < 4.78 is 13.4. The molecule has 4 nitrogen and oxygen atoms in total. The van der Waals surface area contributed by atoms with Gasteiger partial charge in [-0.3, -0.25) is 9.69 Å². The van der Waals surface area contributed by atoms with Crippen molar-refractivity contribution >= 4 is 5.97 Å². The standard InChI is InChI=1S/C20H23FN2O2/c1-20(14-22-11-12-23(20)13-18(24)25)19(15-5-3-2-4-6-15)16-7-9-17(21)10-8-16/h2-10,19,22H,11-14H2,1H3,(H,24,25)/t19?,20-/m0/s1. The topological polar surface area (TPSA) is 52.6 Å². The minimum Gasteiger partial charge on any atom is -0.480 e. The number of carboxylic acid groups (broad SMARTS) is 1. The van der Waals surface area contributed by atoms with Crippen molar-refractivity contribution in [3.05, 3.63) is 71.5 Å². The fourth-order valence-corrected chi connectivity index (χ4v) is 3.84. The number of nitrogens with zero attached hydrogens (tertiary/aromatic N) is 1. The molecule has 132 valence electrons. The Bertz CT molecular complexity index is 720. The Labute approximate surface area is 147 Å². The minimum absolute atomic E-state index is 0.0112. The van der Waals surface area contributed by atoms with Gasteiger partial charge in [0.25, 0.3) is 0 Å². The lowest BCUT2D eigenvalue weighted by Gasteiger charge is -2.49. The number of halogens is 1. The molecule has 1 heterocycles. The number of aliphatic carboxylic acids is 1. The highest BCUT2D eigenvalue weighted by Gasteiger charge is 2.43. The van der Waals surface area contributed by atoms with Crippen LogP contribution in [0.2, 0.25) is 0 Å². The summed E-state index contributed by atoms with van der Waals surface area (Å²) in [7, 11) is 0. The molecule has 0 aliphatic carbocycles. The molecular weight excluding hydrogens is 319 g/mol. The second kappa shape index (κ2) is 7.33. The van der Waals surface area contributed by atoms with Gasteiger partial charge in [-0.15, -0.1) is 0 Å². The number of benzene rings is 2. The first-order valence-electron chi connectivity index (χ1n) is 8.49. The van der Waals surface area contributed by atoms with E-state index >= 15 is 0 Å². The van der Waals surface area contributed by atoms with Crippen molar-refractivity contribution in [2.45, 2.75) is 18.4 Å². The Morgan fingerprint density at radius 2 is 1.84 bits per heavy atom. The van der Waals surface area contributed by atoms with Gasteiger partial charge in [0.15, 0.2) is 0 Å². The highest BCUT2D eigenvalue weighted by Crippen LogP contribution is 2.39. The Balaban J connectivity index is 2.08.